The van der Waals surface area contributed by atoms with Gasteiger partial charge in [-0.2, -0.15) is 0 Å². The average molecular weight is 402 g/mol. The van der Waals surface area contributed by atoms with Crippen molar-refractivity contribution in [1.29, 1.82) is 0 Å². The minimum atomic E-state index is -1.06. The highest BCUT2D eigenvalue weighted by Gasteiger charge is 2.18. The van der Waals surface area contributed by atoms with Gasteiger partial charge in [-0.3, -0.25) is 19.7 Å². The van der Waals surface area contributed by atoms with Gasteiger partial charge in [-0.15, -0.1) is 0 Å². The van der Waals surface area contributed by atoms with Gasteiger partial charge >= 0.3 is 5.97 Å². The highest BCUT2D eigenvalue weighted by molar-refractivity contribution is 5.95. The van der Waals surface area contributed by atoms with Crippen molar-refractivity contribution >= 4 is 23.3 Å². The Balaban J connectivity index is 1.75. The normalized spacial score (nSPS) is 11.2. The molecule has 0 heterocycles. The quantitative estimate of drug-likeness (QED) is 0.368. The molecule has 0 aliphatic carbocycles. The number of anilines is 1. The van der Waals surface area contributed by atoms with Gasteiger partial charge in [0.1, 0.15) is 11.5 Å². The van der Waals surface area contributed by atoms with Crippen molar-refractivity contribution in [2.24, 2.45) is 0 Å². The molecule has 0 saturated carbocycles. The zero-order chi connectivity index (χ0) is 21.2. The minimum absolute atomic E-state index is 0.0400. The summed E-state index contributed by atoms with van der Waals surface area (Å²) >= 11 is 0. The van der Waals surface area contributed by atoms with E-state index in [-0.39, 0.29) is 24.4 Å². The Morgan fingerprint density at radius 1 is 1.10 bits per heavy atom. The summed E-state index contributed by atoms with van der Waals surface area (Å²) in [5, 5.41) is 13.2. The first kappa shape index (κ1) is 21.7. The molecule has 154 valence electrons. The summed E-state index contributed by atoms with van der Waals surface area (Å²) < 4.78 is 15.9. The fraction of sp³-hybridized carbons (Fsp3) is 0.300. The van der Waals surface area contributed by atoms with E-state index in [1.54, 1.807) is 24.3 Å². The molecule has 2 rings (SSSR count). The summed E-state index contributed by atoms with van der Waals surface area (Å²) in [4.78, 5) is 34.2. The number of esters is 1. The lowest BCUT2D eigenvalue weighted by Crippen LogP contribution is -2.30. The number of hydrogen-bond acceptors (Lipinski definition) is 7. The predicted octanol–water partition coefficient (Wildman–Crippen LogP) is 3.33. The average Bonchev–Trinajstić information content (AvgIpc) is 2.69. The van der Waals surface area contributed by atoms with E-state index in [1.807, 2.05) is 6.92 Å². The summed E-state index contributed by atoms with van der Waals surface area (Å²) in [5.74, 6) is 0.115. The molecule has 0 aliphatic heterocycles. The fourth-order valence-corrected chi connectivity index (χ4v) is 2.30. The number of hydrogen-bond donors (Lipinski definition) is 1. The second-order valence-electron chi connectivity index (χ2n) is 5.93. The molecule has 9 heteroatoms. The first-order valence-corrected chi connectivity index (χ1v) is 8.99. The molecule has 0 bridgehead atoms. The summed E-state index contributed by atoms with van der Waals surface area (Å²) in [6.45, 7) is 3.96. The van der Waals surface area contributed by atoms with E-state index in [1.165, 1.54) is 31.2 Å². The molecule has 1 unspecified atom stereocenters. The van der Waals surface area contributed by atoms with Crippen LogP contribution in [0.1, 0.15) is 20.3 Å². The Bertz CT molecular complexity index is 852. The first-order valence-electron chi connectivity index (χ1n) is 8.99. The maximum atomic E-state index is 12.1. The van der Waals surface area contributed by atoms with E-state index >= 15 is 0 Å². The van der Waals surface area contributed by atoms with E-state index in [0.29, 0.717) is 12.4 Å². The van der Waals surface area contributed by atoms with Crippen LogP contribution >= 0.6 is 0 Å². The topological polar surface area (TPSA) is 117 Å². The second kappa shape index (κ2) is 10.6. The number of carbonyl (C=O) groups excluding carboxylic acids is 2. The Morgan fingerprint density at radius 2 is 1.76 bits per heavy atom. The van der Waals surface area contributed by atoms with Crippen LogP contribution in [-0.4, -0.2) is 36.1 Å². The van der Waals surface area contributed by atoms with Crippen LogP contribution in [0.5, 0.6) is 11.5 Å². The van der Waals surface area contributed by atoms with Gasteiger partial charge in [0.25, 0.3) is 11.6 Å². The van der Waals surface area contributed by atoms with Crippen molar-refractivity contribution in [3.8, 4) is 11.5 Å². The third-order valence-corrected chi connectivity index (χ3v) is 3.71. The van der Waals surface area contributed by atoms with Crippen molar-refractivity contribution in [2.45, 2.75) is 26.4 Å². The second-order valence-corrected chi connectivity index (χ2v) is 5.93. The SMILES string of the molecule is CCOc1ccc(OCCC(=O)OC(C)C(=O)Nc2cccc([N+](=O)[O-])c2)cc1. The number of nitro benzene ring substituents is 1. The van der Waals surface area contributed by atoms with Crippen LogP contribution in [-0.2, 0) is 14.3 Å². The molecule has 0 aliphatic rings. The minimum Gasteiger partial charge on any atom is -0.494 e. The molecule has 0 saturated heterocycles. The highest BCUT2D eigenvalue weighted by atomic mass is 16.6. The van der Waals surface area contributed by atoms with Crippen molar-refractivity contribution in [2.75, 3.05) is 18.5 Å². The van der Waals surface area contributed by atoms with Crippen molar-refractivity contribution in [3.63, 3.8) is 0 Å². The van der Waals surface area contributed by atoms with E-state index in [0.717, 1.165) is 5.75 Å². The van der Waals surface area contributed by atoms with Crippen molar-refractivity contribution < 1.29 is 28.7 Å². The molecule has 1 N–H and O–H groups in total. The Kier molecular flexibility index (Phi) is 7.96. The number of nitrogens with one attached hydrogen (secondary N) is 1. The predicted molar refractivity (Wildman–Crippen MR) is 105 cm³/mol. The third kappa shape index (κ3) is 7.13. The lowest BCUT2D eigenvalue weighted by Gasteiger charge is -2.14. The molecule has 0 spiro atoms. The summed E-state index contributed by atoms with van der Waals surface area (Å²) in [6.07, 6.45) is -1.10. The third-order valence-electron chi connectivity index (χ3n) is 3.71. The van der Waals surface area contributed by atoms with Crippen LogP contribution in [0.25, 0.3) is 0 Å². The van der Waals surface area contributed by atoms with E-state index in [2.05, 4.69) is 5.32 Å². The molecular formula is C20H22N2O7. The van der Waals surface area contributed by atoms with Crippen molar-refractivity contribution in [1.82, 2.24) is 0 Å². The number of non-ortho nitro benzene ring substituents is 1. The number of nitro groups is 1. The Hall–Kier alpha value is -3.62. The van der Waals surface area contributed by atoms with E-state index in [9.17, 15) is 19.7 Å². The number of carbonyl (C=O) groups is 2. The van der Waals surface area contributed by atoms with Gasteiger partial charge in [0.05, 0.1) is 24.6 Å². The standard InChI is InChI=1S/C20H22N2O7/c1-3-27-17-7-9-18(10-8-17)28-12-11-19(23)29-14(2)20(24)21-15-5-4-6-16(13-15)22(25)26/h4-10,13-14H,3,11-12H2,1-2H3,(H,21,24). The number of amides is 1. The molecule has 1 atom stereocenters. The monoisotopic (exact) mass is 402 g/mol. The summed E-state index contributed by atoms with van der Waals surface area (Å²) in [6, 6.07) is 12.5. The van der Waals surface area contributed by atoms with Gasteiger partial charge in [-0.25, -0.2) is 0 Å². The van der Waals surface area contributed by atoms with Crippen LogP contribution in [0.3, 0.4) is 0 Å². The lowest BCUT2D eigenvalue weighted by molar-refractivity contribution is -0.384. The lowest BCUT2D eigenvalue weighted by atomic mass is 10.2. The zero-order valence-corrected chi connectivity index (χ0v) is 16.1. The Labute approximate surface area is 167 Å². The largest absolute Gasteiger partial charge is 0.494 e. The van der Waals surface area contributed by atoms with E-state index < -0.39 is 22.9 Å². The molecule has 9 nitrogen and oxygen atoms in total. The molecule has 0 aromatic heterocycles. The Morgan fingerprint density at radius 3 is 2.38 bits per heavy atom. The van der Waals surface area contributed by atoms with Crippen LogP contribution in [0.2, 0.25) is 0 Å². The van der Waals surface area contributed by atoms with Gasteiger partial charge < -0.3 is 19.5 Å². The number of nitrogens with zero attached hydrogens (tertiary/aromatic N) is 1. The zero-order valence-electron chi connectivity index (χ0n) is 16.1. The maximum absolute atomic E-state index is 12.1. The maximum Gasteiger partial charge on any atom is 0.310 e. The van der Waals surface area contributed by atoms with Gasteiger partial charge in [-0.05, 0) is 44.2 Å². The van der Waals surface area contributed by atoms with Gasteiger partial charge in [0, 0.05) is 17.8 Å². The number of benzene rings is 2. The van der Waals surface area contributed by atoms with E-state index in [4.69, 9.17) is 14.2 Å². The van der Waals surface area contributed by atoms with Crippen LogP contribution in [0.15, 0.2) is 48.5 Å². The number of rotatable bonds is 10. The van der Waals surface area contributed by atoms with Crippen LogP contribution < -0.4 is 14.8 Å². The molecule has 0 fully saturated rings. The number of ether oxygens (including phenoxy) is 3. The summed E-state index contributed by atoms with van der Waals surface area (Å²) in [5.41, 5.74) is 0.0878. The first-order chi connectivity index (χ1) is 13.9. The van der Waals surface area contributed by atoms with Gasteiger partial charge in [0.2, 0.25) is 0 Å². The van der Waals surface area contributed by atoms with Crippen LogP contribution in [0, 0.1) is 10.1 Å². The van der Waals surface area contributed by atoms with Crippen LogP contribution in [0.4, 0.5) is 11.4 Å². The molecular weight excluding hydrogens is 380 g/mol. The smallest absolute Gasteiger partial charge is 0.310 e. The van der Waals surface area contributed by atoms with Gasteiger partial charge in [0.15, 0.2) is 6.10 Å². The van der Waals surface area contributed by atoms with Gasteiger partial charge in [-0.1, -0.05) is 6.07 Å². The molecule has 29 heavy (non-hydrogen) atoms. The molecule has 2 aromatic rings. The molecule has 1 amide bonds. The molecule has 2 aromatic carbocycles. The van der Waals surface area contributed by atoms with Crippen molar-refractivity contribution in [3.05, 3.63) is 58.6 Å². The fourth-order valence-electron chi connectivity index (χ4n) is 2.30. The molecule has 0 radical (unpaired) electrons. The summed E-state index contributed by atoms with van der Waals surface area (Å²) in [7, 11) is 0. The highest BCUT2D eigenvalue weighted by Crippen LogP contribution is 2.18.